The maximum atomic E-state index is 12.9. The van der Waals surface area contributed by atoms with Crippen molar-refractivity contribution in [2.24, 2.45) is 11.7 Å². The van der Waals surface area contributed by atoms with Gasteiger partial charge in [0.25, 0.3) is 0 Å². The van der Waals surface area contributed by atoms with E-state index in [1.807, 2.05) is 11.0 Å². The minimum atomic E-state index is -0.00565. The van der Waals surface area contributed by atoms with Gasteiger partial charge in [-0.15, -0.1) is 24.8 Å². The van der Waals surface area contributed by atoms with Crippen LogP contribution < -0.4 is 10.6 Å². The maximum Gasteiger partial charge on any atom is 0.225 e. The van der Waals surface area contributed by atoms with Gasteiger partial charge in [-0.05, 0) is 31.7 Å². The van der Waals surface area contributed by atoms with E-state index in [9.17, 15) is 4.79 Å². The highest BCUT2D eigenvalue weighted by Gasteiger charge is 2.34. The molecule has 26 heavy (non-hydrogen) atoms. The zero-order chi connectivity index (χ0) is 16.9. The molecule has 1 aromatic heterocycles. The molecule has 7 nitrogen and oxygen atoms in total. The van der Waals surface area contributed by atoms with Crippen LogP contribution in [0.4, 0.5) is 5.95 Å². The first-order valence-corrected chi connectivity index (χ1v) is 8.78. The van der Waals surface area contributed by atoms with Crippen LogP contribution in [0.15, 0.2) is 18.5 Å². The molecule has 1 aliphatic heterocycles. The summed E-state index contributed by atoms with van der Waals surface area (Å²) in [6, 6.07) is 1.87. The van der Waals surface area contributed by atoms with Crippen LogP contribution in [0, 0.1) is 5.92 Å². The van der Waals surface area contributed by atoms with Crippen molar-refractivity contribution in [3.05, 3.63) is 18.5 Å². The van der Waals surface area contributed by atoms with Crippen LogP contribution in [0.25, 0.3) is 0 Å². The van der Waals surface area contributed by atoms with Gasteiger partial charge in [0.1, 0.15) is 0 Å². The van der Waals surface area contributed by atoms with Crippen LogP contribution >= 0.6 is 24.8 Å². The smallest absolute Gasteiger partial charge is 0.225 e. The highest BCUT2D eigenvalue weighted by molar-refractivity contribution is 5.85. The first-order chi connectivity index (χ1) is 11.7. The highest BCUT2D eigenvalue weighted by Crippen LogP contribution is 2.27. The lowest BCUT2D eigenvalue weighted by Gasteiger charge is -2.35. The first-order valence-electron chi connectivity index (χ1n) is 8.78. The predicted octanol–water partition coefficient (Wildman–Crippen LogP) is 1.50. The number of hydrogen-bond acceptors (Lipinski definition) is 6. The normalized spacial score (nSPS) is 26.3. The minimum absolute atomic E-state index is 0. The number of nitrogens with two attached hydrogens (primary N) is 1. The van der Waals surface area contributed by atoms with E-state index in [4.69, 9.17) is 10.5 Å². The van der Waals surface area contributed by atoms with E-state index in [-0.39, 0.29) is 48.8 Å². The lowest BCUT2D eigenvalue weighted by atomic mass is 9.83. The molecule has 2 aliphatic rings. The Morgan fingerprint density at radius 3 is 2.58 bits per heavy atom. The summed E-state index contributed by atoms with van der Waals surface area (Å²) in [5.74, 6) is 1.03. The molecule has 3 atom stereocenters. The number of rotatable bonds is 3. The van der Waals surface area contributed by atoms with Gasteiger partial charge in [-0.25, -0.2) is 9.97 Å². The fourth-order valence-electron chi connectivity index (χ4n) is 3.70. The quantitative estimate of drug-likeness (QED) is 0.819. The van der Waals surface area contributed by atoms with Gasteiger partial charge in [-0.1, -0.05) is 0 Å². The molecule has 0 spiro atoms. The fraction of sp³-hybridized carbons (Fsp3) is 0.706. The van der Waals surface area contributed by atoms with Crippen LogP contribution in [0.2, 0.25) is 0 Å². The summed E-state index contributed by atoms with van der Waals surface area (Å²) in [5.41, 5.74) is 6.07. The summed E-state index contributed by atoms with van der Waals surface area (Å²) in [6.45, 7) is 3.17. The van der Waals surface area contributed by atoms with Crippen LogP contribution in [0.5, 0.6) is 0 Å². The van der Waals surface area contributed by atoms with Gasteiger partial charge < -0.3 is 20.3 Å². The Morgan fingerprint density at radius 2 is 1.88 bits per heavy atom. The van der Waals surface area contributed by atoms with Gasteiger partial charge in [-0.2, -0.15) is 0 Å². The second-order valence-corrected chi connectivity index (χ2v) is 6.66. The van der Waals surface area contributed by atoms with Crippen molar-refractivity contribution in [2.45, 2.75) is 37.8 Å². The van der Waals surface area contributed by atoms with Crippen LogP contribution in [0.1, 0.15) is 25.7 Å². The molecule has 148 valence electrons. The molecule has 1 aliphatic carbocycles. The lowest BCUT2D eigenvalue weighted by molar-refractivity contribution is -0.138. The van der Waals surface area contributed by atoms with Gasteiger partial charge in [0, 0.05) is 57.6 Å². The van der Waals surface area contributed by atoms with Crippen LogP contribution in [0.3, 0.4) is 0 Å². The predicted molar refractivity (Wildman–Crippen MR) is 106 cm³/mol. The Kier molecular flexibility index (Phi) is 9.57. The molecular formula is C17H29Cl2N5O2. The Labute approximate surface area is 167 Å². The molecule has 2 fully saturated rings. The lowest BCUT2D eigenvalue weighted by Crippen LogP contribution is -2.47. The van der Waals surface area contributed by atoms with Crippen LogP contribution in [-0.4, -0.2) is 66.2 Å². The fourth-order valence-corrected chi connectivity index (χ4v) is 3.70. The molecule has 1 amide bonds. The Morgan fingerprint density at radius 1 is 1.15 bits per heavy atom. The summed E-state index contributed by atoms with van der Waals surface area (Å²) in [5, 5.41) is 0. The maximum absolute atomic E-state index is 12.9. The summed E-state index contributed by atoms with van der Waals surface area (Å²) < 4.78 is 5.45. The average Bonchev–Trinajstić information content (AvgIpc) is 2.88. The molecule has 0 radical (unpaired) electrons. The number of methoxy groups -OCH3 is 1. The Balaban J connectivity index is 0.00000169. The van der Waals surface area contributed by atoms with Gasteiger partial charge in [-0.3, -0.25) is 4.79 Å². The van der Waals surface area contributed by atoms with E-state index >= 15 is 0 Å². The molecule has 1 saturated heterocycles. The number of carbonyl (C=O) groups is 1. The number of hydrogen-bond donors (Lipinski definition) is 1. The number of halogens is 2. The third-order valence-electron chi connectivity index (χ3n) is 5.14. The molecule has 2 N–H and O–H groups in total. The van der Waals surface area contributed by atoms with E-state index in [1.54, 1.807) is 19.5 Å². The first kappa shape index (κ1) is 22.9. The number of carbonyl (C=O) groups excluding carboxylic acids is 1. The van der Waals surface area contributed by atoms with Gasteiger partial charge in [0.15, 0.2) is 0 Å². The number of amides is 1. The van der Waals surface area contributed by atoms with E-state index in [1.165, 1.54) is 0 Å². The van der Waals surface area contributed by atoms with E-state index < -0.39 is 0 Å². The Bertz CT molecular complexity index is 551. The molecular weight excluding hydrogens is 377 g/mol. The van der Waals surface area contributed by atoms with Gasteiger partial charge >= 0.3 is 0 Å². The van der Waals surface area contributed by atoms with Crippen LogP contribution in [-0.2, 0) is 9.53 Å². The van der Waals surface area contributed by atoms with Crippen molar-refractivity contribution in [3.8, 4) is 0 Å². The van der Waals surface area contributed by atoms with Crippen molar-refractivity contribution < 1.29 is 9.53 Å². The van der Waals surface area contributed by atoms with Crippen molar-refractivity contribution in [1.82, 2.24) is 14.9 Å². The molecule has 0 unspecified atom stereocenters. The molecule has 3 rings (SSSR count). The van der Waals surface area contributed by atoms with Crippen molar-refractivity contribution in [3.63, 3.8) is 0 Å². The molecule has 1 saturated carbocycles. The van der Waals surface area contributed by atoms with E-state index in [0.717, 1.165) is 57.8 Å². The topological polar surface area (TPSA) is 84.6 Å². The SMILES string of the molecule is CO[C@@H]1C[C@@H](C(=O)N2CCCN(c3ncccn3)CC2)CC[C@H]1N.Cl.Cl. The van der Waals surface area contributed by atoms with Crippen molar-refractivity contribution in [2.75, 3.05) is 38.2 Å². The average molecular weight is 406 g/mol. The van der Waals surface area contributed by atoms with E-state index in [2.05, 4.69) is 14.9 Å². The molecule has 0 aromatic carbocycles. The van der Waals surface area contributed by atoms with Crippen molar-refractivity contribution in [1.29, 1.82) is 0 Å². The highest BCUT2D eigenvalue weighted by atomic mass is 35.5. The van der Waals surface area contributed by atoms with Crippen molar-refractivity contribution >= 4 is 36.7 Å². The third kappa shape index (κ3) is 5.42. The molecule has 2 heterocycles. The summed E-state index contributed by atoms with van der Waals surface area (Å²) in [7, 11) is 1.68. The summed E-state index contributed by atoms with van der Waals surface area (Å²) in [4.78, 5) is 25.7. The third-order valence-corrected chi connectivity index (χ3v) is 5.14. The molecule has 9 heteroatoms. The number of anilines is 1. The monoisotopic (exact) mass is 405 g/mol. The van der Waals surface area contributed by atoms with E-state index in [0.29, 0.717) is 0 Å². The second kappa shape index (κ2) is 10.9. The van der Waals surface area contributed by atoms with Gasteiger partial charge in [0.2, 0.25) is 11.9 Å². The Hall–Kier alpha value is -1.15. The molecule has 0 bridgehead atoms. The zero-order valence-electron chi connectivity index (χ0n) is 15.1. The summed E-state index contributed by atoms with van der Waals surface area (Å²) in [6.07, 6.45) is 6.89. The number of nitrogens with zero attached hydrogens (tertiary/aromatic N) is 4. The second-order valence-electron chi connectivity index (χ2n) is 6.66. The molecule has 1 aromatic rings. The largest absolute Gasteiger partial charge is 0.380 e. The number of aromatic nitrogens is 2. The summed E-state index contributed by atoms with van der Waals surface area (Å²) >= 11 is 0. The number of ether oxygens (including phenoxy) is 1. The minimum Gasteiger partial charge on any atom is -0.380 e. The zero-order valence-corrected chi connectivity index (χ0v) is 16.8. The van der Waals surface area contributed by atoms with Gasteiger partial charge in [0.05, 0.1) is 6.10 Å². The standard InChI is InChI=1S/C17H27N5O2.2ClH/c1-24-15-12-13(4-5-14(15)18)16(23)21-8-3-9-22(11-10-21)17-19-6-2-7-20-17;;/h2,6-7,13-15H,3-5,8-12,18H2,1H3;2*1H/t13-,14+,15+;;/m0../s1.